The fraction of sp³-hybridized carbons (Fsp3) is 0.333. The average molecular weight is 255 g/mol. The number of rotatable bonds is 4. The van der Waals surface area contributed by atoms with Crippen molar-refractivity contribution in [3.8, 4) is 6.07 Å². The summed E-state index contributed by atoms with van der Waals surface area (Å²) in [6.07, 6.45) is 0. The molecule has 0 aliphatic carbocycles. The van der Waals surface area contributed by atoms with Gasteiger partial charge in [0.1, 0.15) is 11.7 Å². The number of hydrogen-bond acceptors (Lipinski definition) is 2. The van der Waals surface area contributed by atoms with E-state index in [1.807, 2.05) is 6.07 Å². The van der Waals surface area contributed by atoms with Gasteiger partial charge in [0.05, 0.1) is 11.6 Å². The molecule has 0 radical (unpaired) electrons. The Morgan fingerprint density at radius 3 is 2.76 bits per heavy atom. The number of nitrogens with zero attached hydrogens (tertiary/aromatic N) is 2. The maximum absolute atomic E-state index is 13.6. The number of carbonyl (C=O) groups is 1. The first-order valence-corrected chi connectivity index (χ1v) is 5.68. The summed E-state index contributed by atoms with van der Waals surface area (Å²) in [5.41, 5.74) is 0.641. The zero-order valence-electron chi connectivity index (χ0n) is 9.41. The Balaban J connectivity index is 2.87. The Bertz CT molecular complexity index is 456. The van der Waals surface area contributed by atoms with Gasteiger partial charge in [0.15, 0.2) is 0 Å². The third kappa shape index (κ3) is 3.43. The number of carbonyl (C=O) groups excluding carboxylic acids is 1. The van der Waals surface area contributed by atoms with E-state index in [1.165, 1.54) is 17.0 Å². The van der Waals surface area contributed by atoms with E-state index in [2.05, 4.69) is 0 Å². The van der Waals surface area contributed by atoms with Gasteiger partial charge in [-0.05, 0) is 19.1 Å². The van der Waals surface area contributed by atoms with Gasteiger partial charge in [-0.3, -0.25) is 4.79 Å². The molecule has 0 saturated heterocycles. The number of amides is 1. The van der Waals surface area contributed by atoms with E-state index in [0.717, 1.165) is 6.07 Å². The normalized spacial score (nSPS) is 9.76. The molecule has 1 aromatic rings. The second kappa shape index (κ2) is 6.21. The van der Waals surface area contributed by atoms with E-state index in [9.17, 15) is 9.18 Å². The number of hydrogen-bond donors (Lipinski definition) is 0. The predicted octanol–water partition coefficient (Wildman–Crippen LogP) is 2.28. The van der Waals surface area contributed by atoms with Crippen LogP contribution in [0.3, 0.4) is 0 Å². The molecule has 0 unspecified atom stereocenters. The molecule has 0 bridgehead atoms. The Kier molecular flexibility index (Phi) is 4.92. The van der Waals surface area contributed by atoms with Crippen molar-refractivity contribution in [2.24, 2.45) is 0 Å². The second-order valence-electron chi connectivity index (χ2n) is 3.46. The van der Waals surface area contributed by atoms with Crippen LogP contribution in [0.5, 0.6) is 0 Å². The van der Waals surface area contributed by atoms with Crippen LogP contribution in [-0.2, 0) is 11.3 Å². The molecule has 17 heavy (non-hydrogen) atoms. The van der Waals surface area contributed by atoms with Crippen LogP contribution >= 0.6 is 11.6 Å². The van der Waals surface area contributed by atoms with Crippen LogP contribution in [-0.4, -0.2) is 23.2 Å². The average Bonchev–Trinajstić information content (AvgIpc) is 2.36. The minimum Gasteiger partial charge on any atom is -0.338 e. The van der Waals surface area contributed by atoms with E-state index in [-0.39, 0.29) is 23.9 Å². The highest BCUT2D eigenvalue weighted by Crippen LogP contribution is 2.12. The monoisotopic (exact) mass is 254 g/mol. The van der Waals surface area contributed by atoms with Crippen LogP contribution in [0.4, 0.5) is 4.39 Å². The van der Waals surface area contributed by atoms with Crippen LogP contribution in [0.15, 0.2) is 18.2 Å². The van der Waals surface area contributed by atoms with Gasteiger partial charge >= 0.3 is 0 Å². The molecule has 90 valence electrons. The lowest BCUT2D eigenvalue weighted by atomic mass is 10.1. The molecule has 0 fully saturated rings. The smallest absolute Gasteiger partial charge is 0.237 e. The molecule has 0 aromatic heterocycles. The van der Waals surface area contributed by atoms with E-state index in [0.29, 0.717) is 12.1 Å². The molecule has 0 atom stereocenters. The number of halogens is 2. The lowest BCUT2D eigenvalue weighted by Crippen LogP contribution is -2.31. The van der Waals surface area contributed by atoms with Gasteiger partial charge in [0.2, 0.25) is 5.91 Å². The molecule has 3 nitrogen and oxygen atoms in total. The van der Waals surface area contributed by atoms with Gasteiger partial charge in [-0.25, -0.2) is 4.39 Å². The van der Waals surface area contributed by atoms with Crippen molar-refractivity contribution in [2.75, 3.05) is 12.4 Å². The first kappa shape index (κ1) is 13.5. The van der Waals surface area contributed by atoms with Crippen molar-refractivity contribution in [3.63, 3.8) is 0 Å². The third-order valence-corrected chi connectivity index (χ3v) is 2.62. The van der Waals surface area contributed by atoms with Gasteiger partial charge in [0, 0.05) is 18.7 Å². The zero-order chi connectivity index (χ0) is 12.8. The summed E-state index contributed by atoms with van der Waals surface area (Å²) in [5, 5.41) is 8.61. The van der Waals surface area contributed by atoms with Crippen molar-refractivity contribution >= 4 is 17.5 Å². The molecule has 1 aromatic carbocycles. The van der Waals surface area contributed by atoms with E-state index >= 15 is 0 Å². The predicted molar refractivity (Wildman–Crippen MR) is 62.9 cm³/mol. The SMILES string of the molecule is CCN(Cc1ccc(C#N)cc1F)C(=O)CCl. The van der Waals surface area contributed by atoms with E-state index < -0.39 is 5.82 Å². The summed E-state index contributed by atoms with van der Waals surface area (Å²) in [7, 11) is 0. The van der Waals surface area contributed by atoms with Crippen molar-refractivity contribution in [2.45, 2.75) is 13.5 Å². The highest BCUT2D eigenvalue weighted by Gasteiger charge is 2.13. The van der Waals surface area contributed by atoms with Gasteiger partial charge in [-0.15, -0.1) is 11.6 Å². The summed E-state index contributed by atoms with van der Waals surface area (Å²) < 4.78 is 13.6. The Morgan fingerprint density at radius 2 is 2.29 bits per heavy atom. The number of nitriles is 1. The topological polar surface area (TPSA) is 44.1 Å². The number of alkyl halides is 1. The van der Waals surface area contributed by atoms with Crippen LogP contribution in [0.2, 0.25) is 0 Å². The Labute approximate surface area is 104 Å². The van der Waals surface area contributed by atoms with Crippen LogP contribution in [0, 0.1) is 17.1 Å². The molecular weight excluding hydrogens is 243 g/mol. The van der Waals surface area contributed by atoms with Crippen molar-refractivity contribution in [1.82, 2.24) is 4.90 Å². The molecular formula is C12H12ClFN2O. The molecule has 0 saturated carbocycles. The van der Waals surface area contributed by atoms with Crippen LogP contribution < -0.4 is 0 Å². The highest BCUT2D eigenvalue weighted by atomic mass is 35.5. The number of benzene rings is 1. The van der Waals surface area contributed by atoms with Crippen LogP contribution in [0.25, 0.3) is 0 Å². The summed E-state index contributed by atoms with van der Waals surface area (Å²) in [5.74, 6) is -0.839. The first-order valence-electron chi connectivity index (χ1n) is 5.14. The molecule has 1 amide bonds. The summed E-state index contributed by atoms with van der Waals surface area (Å²) >= 11 is 5.45. The molecule has 5 heteroatoms. The second-order valence-corrected chi connectivity index (χ2v) is 3.73. The fourth-order valence-corrected chi connectivity index (χ4v) is 1.58. The summed E-state index contributed by atoms with van der Waals surface area (Å²) in [6, 6.07) is 6.05. The van der Waals surface area contributed by atoms with Gasteiger partial charge in [-0.2, -0.15) is 5.26 Å². The molecule has 0 aliphatic heterocycles. The molecule has 0 aliphatic rings. The Morgan fingerprint density at radius 1 is 1.59 bits per heavy atom. The largest absolute Gasteiger partial charge is 0.338 e. The maximum Gasteiger partial charge on any atom is 0.237 e. The zero-order valence-corrected chi connectivity index (χ0v) is 10.2. The summed E-state index contributed by atoms with van der Waals surface area (Å²) in [4.78, 5) is 12.9. The highest BCUT2D eigenvalue weighted by molar-refractivity contribution is 6.27. The minimum absolute atomic E-state index is 0.119. The Hall–Kier alpha value is -1.60. The quantitative estimate of drug-likeness (QED) is 0.774. The molecule has 0 N–H and O–H groups in total. The lowest BCUT2D eigenvalue weighted by Gasteiger charge is -2.20. The fourth-order valence-electron chi connectivity index (χ4n) is 1.41. The molecule has 0 heterocycles. The molecule has 0 spiro atoms. The lowest BCUT2D eigenvalue weighted by molar-refractivity contribution is -0.128. The van der Waals surface area contributed by atoms with Gasteiger partial charge in [-0.1, -0.05) is 6.07 Å². The summed E-state index contributed by atoms with van der Waals surface area (Å²) in [6.45, 7) is 2.43. The third-order valence-electron chi connectivity index (χ3n) is 2.39. The van der Waals surface area contributed by atoms with Gasteiger partial charge < -0.3 is 4.90 Å². The minimum atomic E-state index is -0.482. The standard InChI is InChI=1S/C12H12ClFN2O/c1-2-16(12(17)6-13)8-10-4-3-9(7-15)5-11(10)14/h3-5H,2,6,8H2,1H3. The van der Waals surface area contributed by atoms with E-state index in [4.69, 9.17) is 16.9 Å². The van der Waals surface area contributed by atoms with Gasteiger partial charge in [0.25, 0.3) is 0 Å². The maximum atomic E-state index is 13.6. The van der Waals surface area contributed by atoms with E-state index in [1.54, 1.807) is 6.92 Å². The van der Waals surface area contributed by atoms with Crippen molar-refractivity contribution in [1.29, 1.82) is 5.26 Å². The first-order chi connectivity index (χ1) is 8.12. The van der Waals surface area contributed by atoms with Crippen molar-refractivity contribution < 1.29 is 9.18 Å². The van der Waals surface area contributed by atoms with Crippen molar-refractivity contribution in [3.05, 3.63) is 35.1 Å². The van der Waals surface area contributed by atoms with Crippen LogP contribution in [0.1, 0.15) is 18.1 Å². The molecule has 1 rings (SSSR count).